The van der Waals surface area contributed by atoms with E-state index in [1.807, 2.05) is 0 Å². The summed E-state index contributed by atoms with van der Waals surface area (Å²) in [5.74, 6) is -0.722. The molecule has 0 aromatic heterocycles. The minimum absolute atomic E-state index is 0.0615. The highest BCUT2D eigenvalue weighted by atomic mass is 16.4. The predicted molar refractivity (Wildman–Crippen MR) is 72.9 cm³/mol. The third-order valence-electron chi connectivity index (χ3n) is 3.70. The lowest BCUT2D eigenvalue weighted by Gasteiger charge is -2.38. The van der Waals surface area contributed by atoms with Crippen LogP contribution >= 0.6 is 0 Å². The van der Waals surface area contributed by atoms with Crippen molar-refractivity contribution < 1.29 is 9.90 Å². The van der Waals surface area contributed by atoms with Crippen LogP contribution in [0.25, 0.3) is 0 Å². The third-order valence-corrected chi connectivity index (χ3v) is 3.70. The van der Waals surface area contributed by atoms with Crippen LogP contribution in [0.5, 0.6) is 0 Å². The fraction of sp³-hybridized carbons (Fsp3) is 0.923. The molecule has 1 aliphatic heterocycles. The molecule has 1 saturated heterocycles. The van der Waals surface area contributed by atoms with Crippen LogP contribution in [-0.2, 0) is 4.79 Å². The Balaban J connectivity index is 2.63. The summed E-state index contributed by atoms with van der Waals surface area (Å²) in [6.45, 7) is 8.18. The van der Waals surface area contributed by atoms with Gasteiger partial charge in [-0.05, 0) is 40.9 Å². The molecular weight excluding hydrogens is 230 g/mol. The van der Waals surface area contributed by atoms with Crippen LogP contribution in [0.3, 0.4) is 0 Å². The highest BCUT2D eigenvalue weighted by molar-refractivity contribution is 5.67. The number of hydrogen-bond donors (Lipinski definition) is 2. The van der Waals surface area contributed by atoms with Crippen LogP contribution in [0.1, 0.15) is 26.7 Å². The van der Waals surface area contributed by atoms with Crippen molar-refractivity contribution in [2.24, 2.45) is 0 Å². The summed E-state index contributed by atoms with van der Waals surface area (Å²) in [6, 6.07) is 0.0615. The van der Waals surface area contributed by atoms with Crippen molar-refractivity contribution >= 4 is 5.97 Å². The molecule has 0 radical (unpaired) electrons. The van der Waals surface area contributed by atoms with Crippen molar-refractivity contribution in [1.29, 1.82) is 0 Å². The Morgan fingerprint density at radius 3 is 2.72 bits per heavy atom. The van der Waals surface area contributed by atoms with E-state index in [1.165, 1.54) is 0 Å². The van der Waals surface area contributed by atoms with Crippen LogP contribution in [0.4, 0.5) is 0 Å². The van der Waals surface area contributed by atoms with Crippen molar-refractivity contribution in [2.45, 2.75) is 38.3 Å². The number of likely N-dealkylation sites (N-methyl/N-ethyl adjacent to an activating group) is 1. The second-order valence-corrected chi connectivity index (χ2v) is 6.06. The van der Waals surface area contributed by atoms with Crippen LogP contribution in [0.2, 0.25) is 0 Å². The van der Waals surface area contributed by atoms with Crippen molar-refractivity contribution in [3.8, 4) is 0 Å². The zero-order valence-corrected chi connectivity index (χ0v) is 12.1. The Morgan fingerprint density at radius 1 is 1.50 bits per heavy atom. The number of nitrogens with zero attached hydrogens (tertiary/aromatic N) is 2. The monoisotopic (exact) mass is 257 g/mol. The van der Waals surface area contributed by atoms with E-state index in [9.17, 15) is 4.79 Å². The minimum atomic E-state index is -0.722. The van der Waals surface area contributed by atoms with Crippen molar-refractivity contribution in [3.63, 3.8) is 0 Å². The van der Waals surface area contributed by atoms with Gasteiger partial charge in [0.1, 0.15) is 0 Å². The maximum absolute atomic E-state index is 10.8. The molecule has 2 N–H and O–H groups in total. The first-order valence-corrected chi connectivity index (χ1v) is 6.66. The molecule has 5 nitrogen and oxygen atoms in total. The Bertz CT molecular complexity index is 279. The molecule has 106 valence electrons. The average Bonchev–Trinajstić information content (AvgIpc) is 2.34. The fourth-order valence-electron chi connectivity index (χ4n) is 2.38. The molecule has 1 atom stereocenters. The fourth-order valence-corrected chi connectivity index (χ4v) is 2.38. The molecule has 0 saturated carbocycles. The van der Waals surface area contributed by atoms with Gasteiger partial charge >= 0.3 is 5.97 Å². The minimum Gasteiger partial charge on any atom is -0.481 e. The molecule has 0 aliphatic carbocycles. The summed E-state index contributed by atoms with van der Waals surface area (Å²) in [4.78, 5) is 15.4. The number of rotatable bonds is 5. The van der Waals surface area contributed by atoms with Gasteiger partial charge < -0.3 is 15.3 Å². The van der Waals surface area contributed by atoms with E-state index < -0.39 is 5.97 Å². The molecule has 18 heavy (non-hydrogen) atoms. The van der Waals surface area contributed by atoms with Crippen molar-refractivity contribution in [3.05, 3.63) is 0 Å². The first-order chi connectivity index (χ1) is 8.31. The number of nitrogens with one attached hydrogen (secondary N) is 1. The summed E-state index contributed by atoms with van der Waals surface area (Å²) in [7, 11) is 4.13. The Hall–Kier alpha value is -0.650. The number of aliphatic carboxylic acids is 1. The molecule has 1 unspecified atom stereocenters. The molecule has 1 rings (SSSR count). The third kappa shape index (κ3) is 4.92. The Morgan fingerprint density at radius 2 is 2.17 bits per heavy atom. The molecule has 0 aromatic rings. The summed E-state index contributed by atoms with van der Waals surface area (Å²) in [6.07, 6.45) is 1.26. The van der Waals surface area contributed by atoms with Gasteiger partial charge in [-0.2, -0.15) is 0 Å². The SMILES string of the molecule is CN(C)CCN1CC(CC(=O)O)NCCC1(C)C. The van der Waals surface area contributed by atoms with Gasteiger partial charge in [0.2, 0.25) is 0 Å². The molecule has 1 aliphatic rings. The number of carbonyl (C=O) groups is 1. The highest BCUT2D eigenvalue weighted by Gasteiger charge is 2.31. The molecule has 5 heteroatoms. The second-order valence-electron chi connectivity index (χ2n) is 6.06. The molecule has 1 heterocycles. The maximum atomic E-state index is 10.8. The molecular formula is C13H27N3O2. The number of hydrogen-bond acceptors (Lipinski definition) is 4. The number of carboxylic acids is 1. The summed E-state index contributed by atoms with van der Waals surface area (Å²) < 4.78 is 0. The van der Waals surface area contributed by atoms with Crippen LogP contribution in [0, 0.1) is 0 Å². The quantitative estimate of drug-likeness (QED) is 0.749. The second kappa shape index (κ2) is 6.50. The molecule has 0 aromatic carbocycles. The van der Waals surface area contributed by atoms with Gasteiger partial charge in [-0.15, -0.1) is 0 Å². The average molecular weight is 257 g/mol. The topological polar surface area (TPSA) is 55.8 Å². The van der Waals surface area contributed by atoms with Gasteiger partial charge in [0, 0.05) is 31.2 Å². The molecule has 0 spiro atoms. The van der Waals surface area contributed by atoms with E-state index in [-0.39, 0.29) is 18.0 Å². The van der Waals surface area contributed by atoms with Crippen molar-refractivity contribution in [1.82, 2.24) is 15.1 Å². The summed E-state index contributed by atoms with van der Waals surface area (Å²) >= 11 is 0. The Labute approximate surface area is 110 Å². The maximum Gasteiger partial charge on any atom is 0.304 e. The van der Waals surface area contributed by atoms with E-state index in [2.05, 4.69) is 43.1 Å². The highest BCUT2D eigenvalue weighted by Crippen LogP contribution is 2.21. The first-order valence-electron chi connectivity index (χ1n) is 6.66. The van der Waals surface area contributed by atoms with Gasteiger partial charge in [-0.1, -0.05) is 0 Å². The van der Waals surface area contributed by atoms with Gasteiger partial charge in [0.25, 0.3) is 0 Å². The van der Waals surface area contributed by atoms with Crippen LogP contribution < -0.4 is 5.32 Å². The van der Waals surface area contributed by atoms with E-state index in [0.29, 0.717) is 0 Å². The van der Waals surface area contributed by atoms with E-state index >= 15 is 0 Å². The predicted octanol–water partition coefficient (Wildman–Crippen LogP) is 0.465. The van der Waals surface area contributed by atoms with E-state index in [1.54, 1.807) is 0 Å². The van der Waals surface area contributed by atoms with Crippen molar-refractivity contribution in [2.75, 3.05) is 40.3 Å². The van der Waals surface area contributed by atoms with Gasteiger partial charge in [0.05, 0.1) is 6.42 Å². The van der Waals surface area contributed by atoms with E-state index in [4.69, 9.17) is 5.11 Å². The van der Waals surface area contributed by atoms with Gasteiger partial charge in [0.15, 0.2) is 0 Å². The standard InChI is InChI=1S/C13H27N3O2/c1-13(2)5-6-14-11(9-12(17)18)10-16(13)8-7-15(3)4/h11,14H,5-10H2,1-4H3,(H,17,18). The van der Waals surface area contributed by atoms with E-state index in [0.717, 1.165) is 32.6 Å². The zero-order valence-electron chi connectivity index (χ0n) is 12.1. The number of carboxylic acid groups (broad SMARTS) is 1. The van der Waals surface area contributed by atoms with Crippen LogP contribution in [0.15, 0.2) is 0 Å². The summed E-state index contributed by atoms with van der Waals surface area (Å²) in [5.41, 5.74) is 0.135. The summed E-state index contributed by atoms with van der Waals surface area (Å²) in [5, 5.41) is 12.3. The normalized spacial score (nSPS) is 25.1. The molecule has 0 bridgehead atoms. The lowest BCUT2D eigenvalue weighted by atomic mass is 9.98. The van der Waals surface area contributed by atoms with Crippen LogP contribution in [-0.4, -0.2) is 72.7 Å². The Kier molecular flexibility index (Phi) is 5.56. The molecule has 1 fully saturated rings. The smallest absolute Gasteiger partial charge is 0.304 e. The zero-order chi connectivity index (χ0) is 13.8. The first kappa shape index (κ1) is 15.4. The van der Waals surface area contributed by atoms with Gasteiger partial charge in [-0.25, -0.2) is 0 Å². The molecule has 0 amide bonds. The van der Waals surface area contributed by atoms with Gasteiger partial charge in [-0.3, -0.25) is 9.69 Å². The lowest BCUT2D eigenvalue weighted by Crippen LogP contribution is -2.49. The lowest BCUT2D eigenvalue weighted by molar-refractivity contribution is -0.137. The largest absolute Gasteiger partial charge is 0.481 e.